The molecule has 0 radical (unpaired) electrons. The van der Waals surface area contributed by atoms with Crippen LogP contribution in [0.15, 0.2) is 43.2 Å². The summed E-state index contributed by atoms with van der Waals surface area (Å²) in [5.74, 6) is 1.17. The maximum atomic E-state index is 6.30. The van der Waals surface area contributed by atoms with Gasteiger partial charge in [0.1, 0.15) is 6.61 Å². The summed E-state index contributed by atoms with van der Waals surface area (Å²) in [7, 11) is 1.60. The van der Waals surface area contributed by atoms with Crippen LogP contribution in [0.5, 0.6) is 11.5 Å². The van der Waals surface area contributed by atoms with Crippen LogP contribution in [0.1, 0.15) is 12.5 Å². The molecular weight excluding hydrogens is 314 g/mol. The van der Waals surface area contributed by atoms with E-state index >= 15 is 0 Å². The van der Waals surface area contributed by atoms with Gasteiger partial charge in [-0.3, -0.25) is 4.68 Å². The van der Waals surface area contributed by atoms with Crippen LogP contribution in [0.3, 0.4) is 0 Å². The van der Waals surface area contributed by atoms with Crippen LogP contribution < -0.4 is 14.8 Å². The van der Waals surface area contributed by atoms with E-state index in [2.05, 4.69) is 23.9 Å². The van der Waals surface area contributed by atoms with E-state index in [0.29, 0.717) is 29.7 Å². The van der Waals surface area contributed by atoms with Crippen molar-refractivity contribution in [3.05, 3.63) is 53.8 Å². The van der Waals surface area contributed by atoms with Gasteiger partial charge in [-0.25, -0.2) is 0 Å². The topological polar surface area (TPSA) is 48.3 Å². The molecule has 0 saturated heterocycles. The van der Waals surface area contributed by atoms with Crippen molar-refractivity contribution in [2.75, 3.05) is 13.7 Å². The highest BCUT2D eigenvalue weighted by Gasteiger charge is 2.12. The lowest BCUT2D eigenvalue weighted by Gasteiger charge is -2.16. The Hall–Kier alpha value is -1.98. The summed E-state index contributed by atoms with van der Waals surface area (Å²) in [6.45, 7) is 7.61. The minimum atomic E-state index is 0.274. The molecule has 1 N–H and O–H groups in total. The monoisotopic (exact) mass is 335 g/mol. The molecule has 1 heterocycles. The maximum absolute atomic E-state index is 6.30. The van der Waals surface area contributed by atoms with E-state index < -0.39 is 0 Å². The first-order valence-electron chi connectivity index (χ1n) is 7.45. The lowest BCUT2D eigenvalue weighted by Crippen LogP contribution is -2.30. The summed E-state index contributed by atoms with van der Waals surface area (Å²) in [5.41, 5.74) is 1.03. The number of nitrogens with one attached hydrogen (secondary N) is 1. The van der Waals surface area contributed by atoms with Crippen LogP contribution in [0, 0.1) is 0 Å². The minimum absolute atomic E-state index is 0.274. The van der Waals surface area contributed by atoms with Gasteiger partial charge in [0.2, 0.25) is 0 Å². The molecular formula is C17H22ClN3O2. The fraction of sp³-hybridized carbons (Fsp3) is 0.353. The average Bonchev–Trinajstić information content (AvgIpc) is 3.04. The SMILES string of the molecule is C=CCOc1c(Cl)cc(CN[C@@H](C)Cn2cccn2)cc1OC. The minimum Gasteiger partial charge on any atom is -0.493 e. The Kier molecular flexibility index (Phi) is 6.50. The third-order valence-electron chi connectivity index (χ3n) is 3.31. The number of methoxy groups -OCH3 is 1. The van der Waals surface area contributed by atoms with Gasteiger partial charge in [0.05, 0.1) is 18.7 Å². The van der Waals surface area contributed by atoms with Crippen molar-refractivity contribution in [2.24, 2.45) is 0 Å². The molecule has 2 aromatic rings. The summed E-state index contributed by atoms with van der Waals surface area (Å²) in [6, 6.07) is 6.00. The summed E-state index contributed by atoms with van der Waals surface area (Å²) >= 11 is 6.30. The maximum Gasteiger partial charge on any atom is 0.180 e. The molecule has 1 aromatic carbocycles. The Morgan fingerprint density at radius 3 is 2.96 bits per heavy atom. The Morgan fingerprint density at radius 1 is 1.48 bits per heavy atom. The molecule has 0 unspecified atom stereocenters. The van der Waals surface area contributed by atoms with E-state index in [-0.39, 0.29) is 6.04 Å². The van der Waals surface area contributed by atoms with Crippen molar-refractivity contribution in [1.82, 2.24) is 15.1 Å². The molecule has 0 bridgehead atoms. The fourth-order valence-corrected chi connectivity index (χ4v) is 2.49. The zero-order valence-electron chi connectivity index (χ0n) is 13.5. The number of ether oxygens (including phenoxy) is 2. The second kappa shape index (κ2) is 8.60. The number of hydrogen-bond donors (Lipinski definition) is 1. The molecule has 5 nitrogen and oxygen atoms in total. The van der Waals surface area contributed by atoms with Crippen molar-refractivity contribution in [3.8, 4) is 11.5 Å². The van der Waals surface area contributed by atoms with Gasteiger partial charge in [0, 0.05) is 25.0 Å². The van der Waals surface area contributed by atoms with Crippen molar-refractivity contribution >= 4 is 11.6 Å². The molecule has 23 heavy (non-hydrogen) atoms. The first kappa shape index (κ1) is 17.4. The zero-order valence-corrected chi connectivity index (χ0v) is 14.2. The van der Waals surface area contributed by atoms with Gasteiger partial charge >= 0.3 is 0 Å². The fourth-order valence-electron chi connectivity index (χ4n) is 2.20. The molecule has 0 spiro atoms. The van der Waals surface area contributed by atoms with E-state index in [1.807, 2.05) is 29.1 Å². The van der Waals surface area contributed by atoms with Gasteiger partial charge in [0.15, 0.2) is 11.5 Å². The van der Waals surface area contributed by atoms with Crippen molar-refractivity contribution in [2.45, 2.75) is 26.1 Å². The van der Waals surface area contributed by atoms with Gasteiger partial charge < -0.3 is 14.8 Å². The van der Waals surface area contributed by atoms with Gasteiger partial charge in [-0.1, -0.05) is 24.3 Å². The lowest BCUT2D eigenvalue weighted by atomic mass is 10.2. The molecule has 124 valence electrons. The standard InChI is InChI=1S/C17H22ClN3O2/c1-4-8-23-17-15(18)9-14(10-16(17)22-3)11-19-13(2)12-21-7-5-6-20-21/h4-7,9-10,13,19H,1,8,11-12H2,2-3H3/t13-/m0/s1. The van der Waals surface area contributed by atoms with Crippen LogP contribution in [0.4, 0.5) is 0 Å². The Bertz CT molecular complexity index is 629. The predicted octanol–water partition coefficient (Wildman–Crippen LogP) is 3.29. The number of nitrogens with zero attached hydrogens (tertiary/aromatic N) is 2. The lowest BCUT2D eigenvalue weighted by molar-refractivity contribution is 0.326. The third-order valence-corrected chi connectivity index (χ3v) is 3.59. The number of hydrogen-bond acceptors (Lipinski definition) is 4. The highest BCUT2D eigenvalue weighted by atomic mass is 35.5. The van der Waals surface area contributed by atoms with Crippen molar-refractivity contribution in [3.63, 3.8) is 0 Å². The van der Waals surface area contributed by atoms with Gasteiger partial charge in [-0.15, -0.1) is 0 Å². The number of rotatable bonds is 9. The van der Waals surface area contributed by atoms with Crippen LogP contribution in [-0.2, 0) is 13.1 Å². The zero-order chi connectivity index (χ0) is 16.7. The van der Waals surface area contributed by atoms with E-state index in [0.717, 1.165) is 12.1 Å². The first-order valence-corrected chi connectivity index (χ1v) is 7.82. The van der Waals surface area contributed by atoms with E-state index in [4.69, 9.17) is 21.1 Å². The molecule has 0 aliphatic rings. The van der Waals surface area contributed by atoms with Crippen LogP contribution >= 0.6 is 11.6 Å². The highest BCUT2D eigenvalue weighted by molar-refractivity contribution is 6.32. The molecule has 6 heteroatoms. The number of halogens is 1. The summed E-state index contributed by atoms with van der Waals surface area (Å²) in [4.78, 5) is 0. The van der Waals surface area contributed by atoms with Crippen molar-refractivity contribution in [1.29, 1.82) is 0 Å². The average molecular weight is 336 g/mol. The number of benzene rings is 1. The van der Waals surface area contributed by atoms with E-state index in [1.165, 1.54) is 0 Å². The normalized spacial score (nSPS) is 12.0. The molecule has 0 fully saturated rings. The van der Waals surface area contributed by atoms with E-state index in [9.17, 15) is 0 Å². The molecule has 1 atom stereocenters. The number of aromatic nitrogens is 2. The largest absolute Gasteiger partial charge is 0.493 e. The Morgan fingerprint density at radius 2 is 2.30 bits per heavy atom. The third kappa shape index (κ3) is 5.01. The quantitative estimate of drug-likeness (QED) is 0.714. The summed E-state index contributed by atoms with van der Waals surface area (Å²) < 4.78 is 12.8. The smallest absolute Gasteiger partial charge is 0.180 e. The summed E-state index contributed by atoms with van der Waals surface area (Å²) in [6.07, 6.45) is 5.39. The Labute approximate surface area is 141 Å². The molecule has 2 rings (SSSR count). The summed E-state index contributed by atoms with van der Waals surface area (Å²) in [5, 5.41) is 8.18. The molecule has 0 amide bonds. The van der Waals surface area contributed by atoms with Crippen LogP contribution in [0.2, 0.25) is 5.02 Å². The van der Waals surface area contributed by atoms with Crippen LogP contribution in [0.25, 0.3) is 0 Å². The van der Waals surface area contributed by atoms with Crippen LogP contribution in [-0.4, -0.2) is 29.5 Å². The molecule has 1 aromatic heterocycles. The van der Waals surface area contributed by atoms with E-state index in [1.54, 1.807) is 19.4 Å². The first-order chi connectivity index (χ1) is 11.1. The second-order valence-electron chi connectivity index (χ2n) is 5.22. The molecule has 0 aliphatic carbocycles. The highest BCUT2D eigenvalue weighted by Crippen LogP contribution is 2.36. The van der Waals surface area contributed by atoms with Gasteiger partial charge in [0.25, 0.3) is 0 Å². The van der Waals surface area contributed by atoms with Crippen molar-refractivity contribution < 1.29 is 9.47 Å². The second-order valence-corrected chi connectivity index (χ2v) is 5.63. The Balaban J connectivity index is 1.99. The van der Waals surface area contributed by atoms with Gasteiger partial charge in [-0.2, -0.15) is 5.10 Å². The molecule has 0 aliphatic heterocycles. The predicted molar refractivity (Wildman–Crippen MR) is 92.2 cm³/mol. The molecule has 0 saturated carbocycles. The van der Waals surface area contributed by atoms with Gasteiger partial charge in [-0.05, 0) is 30.7 Å².